The van der Waals surface area contributed by atoms with Gasteiger partial charge in [0.05, 0.1) is 19.6 Å². The Kier molecular flexibility index (Phi) is 7.28. The summed E-state index contributed by atoms with van der Waals surface area (Å²) in [5.74, 6) is 0.577. The maximum Gasteiger partial charge on any atom is 0.309 e. The van der Waals surface area contributed by atoms with Crippen molar-refractivity contribution in [1.82, 2.24) is 0 Å². The molecule has 1 unspecified atom stereocenters. The average molecular weight is 425 g/mol. The van der Waals surface area contributed by atoms with E-state index in [0.717, 1.165) is 17.0 Å². The number of carbonyl (C=O) groups excluding carboxylic acids is 3. The van der Waals surface area contributed by atoms with Crippen molar-refractivity contribution < 1.29 is 28.6 Å². The number of fused-ring (bicyclic) bond motifs is 1. The summed E-state index contributed by atoms with van der Waals surface area (Å²) >= 11 is 0. The summed E-state index contributed by atoms with van der Waals surface area (Å²) in [5, 5.41) is 0. The summed E-state index contributed by atoms with van der Waals surface area (Å²) in [6.45, 7) is 6.34. The zero-order valence-corrected chi connectivity index (χ0v) is 18.1. The van der Waals surface area contributed by atoms with Gasteiger partial charge in [0, 0.05) is 24.7 Å². The maximum absolute atomic E-state index is 12.7. The lowest BCUT2D eigenvalue weighted by Crippen LogP contribution is -2.26. The topological polar surface area (TPSA) is 82.1 Å². The SMILES string of the molecule is CCOc1ccc(OCCC(=O)OC(C)C(=O)c2ccc3c(c2)CCN3C(C)=O)cc1. The second-order valence-corrected chi connectivity index (χ2v) is 7.26. The van der Waals surface area contributed by atoms with Crippen LogP contribution in [0.5, 0.6) is 11.5 Å². The first kappa shape index (κ1) is 22.3. The molecule has 7 heteroatoms. The third-order valence-corrected chi connectivity index (χ3v) is 5.03. The van der Waals surface area contributed by atoms with Crippen molar-refractivity contribution in [3.05, 3.63) is 53.6 Å². The summed E-state index contributed by atoms with van der Waals surface area (Å²) in [6.07, 6.45) is -0.170. The zero-order valence-electron chi connectivity index (χ0n) is 18.1. The highest BCUT2D eigenvalue weighted by Gasteiger charge is 2.25. The van der Waals surface area contributed by atoms with Gasteiger partial charge in [-0.3, -0.25) is 14.4 Å². The van der Waals surface area contributed by atoms with Gasteiger partial charge in [0.25, 0.3) is 0 Å². The molecule has 0 aromatic heterocycles. The smallest absolute Gasteiger partial charge is 0.309 e. The number of hydrogen-bond donors (Lipinski definition) is 0. The monoisotopic (exact) mass is 425 g/mol. The molecule has 1 aliphatic heterocycles. The molecule has 31 heavy (non-hydrogen) atoms. The predicted octanol–water partition coefficient (Wildman–Crippen LogP) is 3.58. The standard InChI is InChI=1S/C24H27NO6/c1-4-29-20-6-8-21(9-7-20)30-14-12-23(27)31-16(2)24(28)19-5-10-22-18(15-19)11-13-25(22)17(3)26/h5-10,15-16H,4,11-14H2,1-3H3. The minimum Gasteiger partial charge on any atom is -0.494 e. The van der Waals surface area contributed by atoms with E-state index in [4.69, 9.17) is 14.2 Å². The minimum atomic E-state index is -0.902. The second kappa shape index (κ2) is 10.1. The molecule has 0 N–H and O–H groups in total. The number of amides is 1. The molecular formula is C24H27NO6. The first-order chi connectivity index (χ1) is 14.9. The van der Waals surface area contributed by atoms with Gasteiger partial charge < -0.3 is 19.1 Å². The van der Waals surface area contributed by atoms with Crippen LogP contribution < -0.4 is 14.4 Å². The van der Waals surface area contributed by atoms with Crippen LogP contribution in [0.3, 0.4) is 0 Å². The van der Waals surface area contributed by atoms with Crippen molar-refractivity contribution in [3.8, 4) is 11.5 Å². The van der Waals surface area contributed by atoms with Crippen LogP contribution >= 0.6 is 0 Å². The third kappa shape index (κ3) is 5.63. The van der Waals surface area contributed by atoms with Gasteiger partial charge in [-0.05, 0) is 68.3 Å². The number of anilines is 1. The van der Waals surface area contributed by atoms with E-state index < -0.39 is 12.1 Å². The largest absolute Gasteiger partial charge is 0.494 e. The number of esters is 1. The van der Waals surface area contributed by atoms with E-state index in [1.165, 1.54) is 6.92 Å². The van der Waals surface area contributed by atoms with E-state index in [0.29, 0.717) is 30.9 Å². The normalized spacial score (nSPS) is 13.3. The third-order valence-electron chi connectivity index (χ3n) is 5.03. The van der Waals surface area contributed by atoms with Gasteiger partial charge in [0.1, 0.15) is 11.5 Å². The van der Waals surface area contributed by atoms with E-state index in [-0.39, 0.29) is 24.7 Å². The molecule has 0 spiro atoms. The molecule has 0 bridgehead atoms. The van der Waals surface area contributed by atoms with Crippen molar-refractivity contribution in [2.75, 3.05) is 24.7 Å². The van der Waals surface area contributed by atoms with Crippen molar-refractivity contribution >= 4 is 23.3 Å². The quantitative estimate of drug-likeness (QED) is 0.451. The van der Waals surface area contributed by atoms with Gasteiger partial charge in [-0.15, -0.1) is 0 Å². The number of benzene rings is 2. The Morgan fingerprint density at radius 3 is 2.35 bits per heavy atom. The molecule has 0 saturated heterocycles. The van der Waals surface area contributed by atoms with E-state index in [9.17, 15) is 14.4 Å². The van der Waals surface area contributed by atoms with Gasteiger partial charge in [-0.25, -0.2) is 0 Å². The molecule has 2 aromatic carbocycles. The Balaban J connectivity index is 1.48. The van der Waals surface area contributed by atoms with Crippen LogP contribution in [0.4, 0.5) is 5.69 Å². The van der Waals surface area contributed by atoms with Gasteiger partial charge in [0.2, 0.25) is 11.7 Å². The lowest BCUT2D eigenvalue weighted by Gasteiger charge is -2.16. The number of ether oxygens (including phenoxy) is 3. The Hall–Kier alpha value is -3.35. The first-order valence-corrected chi connectivity index (χ1v) is 10.4. The zero-order chi connectivity index (χ0) is 22.4. The Morgan fingerprint density at radius 1 is 1.03 bits per heavy atom. The summed E-state index contributed by atoms with van der Waals surface area (Å²) in [6, 6.07) is 12.3. The van der Waals surface area contributed by atoms with Crippen molar-refractivity contribution in [1.29, 1.82) is 0 Å². The highest BCUT2D eigenvalue weighted by molar-refractivity contribution is 6.01. The average Bonchev–Trinajstić information content (AvgIpc) is 3.18. The second-order valence-electron chi connectivity index (χ2n) is 7.26. The maximum atomic E-state index is 12.7. The Bertz CT molecular complexity index is 953. The van der Waals surface area contributed by atoms with Crippen LogP contribution in [0.1, 0.15) is 43.1 Å². The lowest BCUT2D eigenvalue weighted by molar-refractivity contribution is -0.146. The van der Waals surface area contributed by atoms with Gasteiger partial charge in [0.15, 0.2) is 6.10 Å². The van der Waals surface area contributed by atoms with Crippen LogP contribution in [0.25, 0.3) is 0 Å². The molecule has 0 radical (unpaired) electrons. The predicted molar refractivity (Wildman–Crippen MR) is 116 cm³/mol. The van der Waals surface area contributed by atoms with Gasteiger partial charge in [-0.2, -0.15) is 0 Å². The highest BCUT2D eigenvalue weighted by atomic mass is 16.5. The van der Waals surface area contributed by atoms with Crippen LogP contribution in [0.2, 0.25) is 0 Å². The molecule has 1 aliphatic rings. The number of Topliss-reactive ketones (excluding diaryl/α,β-unsaturated/α-hetero) is 1. The number of hydrogen-bond acceptors (Lipinski definition) is 6. The first-order valence-electron chi connectivity index (χ1n) is 10.4. The number of ketones is 1. The summed E-state index contributed by atoms with van der Waals surface area (Å²) < 4.78 is 16.2. The molecular weight excluding hydrogens is 398 g/mol. The number of nitrogens with zero attached hydrogens (tertiary/aromatic N) is 1. The molecule has 1 amide bonds. The molecule has 164 valence electrons. The molecule has 0 fully saturated rings. The molecule has 3 rings (SSSR count). The Labute approximate surface area is 181 Å². The summed E-state index contributed by atoms with van der Waals surface area (Å²) in [4.78, 5) is 38.1. The van der Waals surface area contributed by atoms with Crippen molar-refractivity contribution in [3.63, 3.8) is 0 Å². The number of rotatable bonds is 9. The molecule has 2 aromatic rings. The molecule has 0 aliphatic carbocycles. The fraction of sp³-hybridized carbons (Fsp3) is 0.375. The molecule has 0 saturated carbocycles. The summed E-state index contributed by atoms with van der Waals surface area (Å²) in [7, 11) is 0. The molecule has 7 nitrogen and oxygen atoms in total. The van der Waals surface area contributed by atoms with E-state index >= 15 is 0 Å². The van der Waals surface area contributed by atoms with E-state index in [1.807, 2.05) is 6.92 Å². The van der Waals surface area contributed by atoms with E-state index in [1.54, 1.807) is 54.3 Å². The van der Waals surface area contributed by atoms with Gasteiger partial charge >= 0.3 is 5.97 Å². The highest BCUT2D eigenvalue weighted by Crippen LogP contribution is 2.29. The minimum absolute atomic E-state index is 0.0208. The lowest BCUT2D eigenvalue weighted by atomic mass is 10.0. The fourth-order valence-electron chi connectivity index (χ4n) is 3.48. The van der Waals surface area contributed by atoms with Crippen molar-refractivity contribution in [2.45, 2.75) is 39.7 Å². The fourth-order valence-corrected chi connectivity index (χ4v) is 3.48. The van der Waals surface area contributed by atoms with Gasteiger partial charge in [-0.1, -0.05) is 0 Å². The molecule has 1 heterocycles. The van der Waals surface area contributed by atoms with Crippen LogP contribution in [-0.2, 0) is 20.7 Å². The Morgan fingerprint density at radius 2 is 1.71 bits per heavy atom. The van der Waals surface area contributed by atoms with Crippen LogP contribution in [0, 0.1) is 0 Å². The van der Waals surface area contributed by atoms with Crippen molar-refractivity contribution in [2.24, 2.45) is 0 Å². The van der Waals surface area contributed by atoms with E-state index in [2.05, 4.69) is 0 Å². The summed E-state index contributed by atoms with van der Waals surface area (Å²) in [5.41, 5.74) is 2.25. The van der Waals surface area contributed by atoms with Crippen LogP contribution in [-0.4, -0.2) is 43.5 Å². The molecule has 1 atom stereocenters. The number of carbonyl (C=O) groups is 3. The van der Waals surface area contributed by atoms with Crippen LogP contribution in [0.15, 0.2) is 42.5 Å².